The van der Waals surface area contributed by atoms with Gasteiger partial charge in [-0.05, 0) is 37.0 Å². The fraction of sp³-hybridized carbons (Fsp3) is 0.429. The Kier molecular flexibility index (Phi) is 4.16. The third-order valence-electron chi connectivity index (χ3n) is 3.53. The van der Waals surface area contributed by atoms with Gasteiger partial charge in [-0.25, -0.2) is 0 Å². The van der Waals surface area contributed by atoms with Crippen LogP contribution in [0.25, 0.3) is 0 Å². The summed E-state index contributed by atoms with van der Waals surface area (Å²) in [4.78, 5) is 25.4. The zero-order valence-corrected chi connectivity index (χ0v) is 10.8. The Bertz CT molecular complexity index is 470. The second-order valence-electron chi connectivity index (χ2n) is 4.81. The molecule has 2 rings (SSSR count). The third kappa shape index (κ3) is 2.93. The average molecular weight is 261 g/mol. The average Bonchev–Trinajstić information content (AvgIpc) is 2.46. The Morgan fingerprint density at radius 2 is 1.89 bits per heavy atom. The van der Waals surface area contributed by atoms with E-state index >= 15 is 0 Å². The van der Waals surface area contributed by atoms with Crippen molar-refractivity contribution in [2.75, 3.05) is 6.54 Å². The maximum atomic E-state index is 12.4. The topological polar surface area (TPSA) is 89.4 Å². The number of piperidine rings is 1. The molecule has 0 bridgehead atoms. The van der Waals surface area contributed by atoms with E-state index in [1.165, 1.54) is 0 Å². The van der Waals surface area contributed by atoms with Crippen LogP contribution >= 0.6 is 0 Å². The lowest BCUT2D eigenvalue weighted by molar-refractivity contribution is -0.123. The summed E-state index contributed by atoms with van der Waals surface area (Å²) in [6.07, 6.45) is 2.50. The summed E-state index contributed by atoms with van der Waals surface area (Å²) in [5.41, 5.74) is 12.4. The lowest BCUT2D eigenvalue weighted by Gasteiger charge is -2.33. The van der Waals surface area contributed by atoms with Crippen molar-refractivity contribution in [3.05, 3.63) is 35.4 Å². The first kappa shape index (κ1) is 13.5. The van der Waals surface area contributed by atoms with Gasteiger partial charge in [-0.1, -0.05) is 12.1 Å². The van der Waals surface area contributed by atoms with Crippen LogP contribution in [0.5, 0.6) is 0 Å². The summed E-state index contributed by atoms with van der Waals surface area (Å²) >= 11 is 0. The molecule has 1 aromatic carbocycles. The van der Waals surface area contributed by atoms with Crippen molar-refractivity contribution < 1.29 is 9.59 Å². The second kappa shape index (κ2) is 5.84. The number of carbonyl (C=O) groups excluding carboxylic acids is 2. The first-order chi connectivity index (χ1) is 9.13. The van der Waals surface area contributed by atoms with E-state index < -0.39 is 11.9 Å². The van der Waals surface area contributed by atoms with E-state index in [9.17, 15) is 9.59 Å². The van der Waals surface area contributed by atoms with Gasteiger partial charge in [0.2, 0.25) is 5.91 Å². The molecule has 19 heavy (non-hydrogen) atoms. The van der Waals surface area contributed by atoms with Gasteiger partial charge >= 0.3 is 0 Å². The Hall–Kier alpha value is -1.88. The molecule has 0 radical (unpaired) electrons. The van der Waals surface area contributed by atoms with Crippen LogP contribution in [0.2, 0.25) is 0 Å². The molecule has 1 aliphatic rings. The molecule has 1 unspecified atom stereocenters. The molecule has 102 valence electrons. The Morgan fingerprint density at radius 1 is 1.21 bits per heavy atom. The maximum Gasteiger partial charge on any atom is 0.254 e. The van der Waals surface area contributed by atoms with Crippen LogP contribution in [-0.2, 0) is 11.3 Å². The molecule has 1 aliphatic heterocycles. The minimum absolute atomic E-state index is 0.132. The molecule has 1 atom stereocenters. The molecule has 1 heterocycles. The van der Waals surface area contributed by atoms with Crippen molar-refractivity contribution >= 4 is 11.8 Å². The van der Waals surface area contributed by atoms with Gasteiger partial charge < -0.3 is 16.4 Å². The highest BCUT2D eigenvalue weighted by atomic mass is 16.2. The number of nitrogens with zero attached hydrogens (tertiary/aromatic N) is 1. The van der Waals surface area contributed by atoms with E-state index in [1.807, 2.05) is 12.1 Å². The molecule has 1 saturated heterocycles. The van der Waals surface area contributed by atoms with E-state index in [2.05, 4.69) is 0 Å². The van der Waals surface area contributed by atoms with Crippen molar-refractivity contribution in [3.8, 4) is 0 Å². The summed E-state index contributed by atoms with van der Waals surface area (Å²) in [6.45, 7) is 1.03. The number of benzene rings is 1. The number of likely N-dealkylation sites (tertiary alicyclic amines) is 1. The van der Waals surface area contributed by atoms with Crippen molar-refractivity contribution in [2.45, 2.75) is 31.8 Å². The van der Waals surface area contributed by atoms with Crippen molar-refractivity contribution in [3.63, 3.8) is 0 Å². The van der Waals surface area contributed by atoms with Crippen LogP contribution < -0.4 is 11.5 Å². The zero-order chi connectivity index (χ0) is 13.8. The van der Waals surface area contributed by atoms with E-state index in [0.29, 0.717) is 25.1 Å². The number of hydrogen-bond acceptors (Lipinski definition) is 3. The number of carbonyl (C=O) groups is 2. The van der Waals surface area contributed by atoms with Gasteiger partial charge in [0.1, 0.15) is 6.04 Å². The summed E-state index contributed by atoms with van der Waals surface area (Å²) in [7, 11) is 0. The standard InChI is InChI=1S/C14H19N3O2/c15-9-10-4-6-11(7-5-10)14(19)17-8-2-1-3-12(17)13(16)18/h4-7,12H,1-3,8-9,15H2,(H2,16,18). The summed E-state index contributed by atoms with van der Waals surface area (Å²) in [5.74, 6) is -0.557. The van der Waals surface area contributed by atoms with E-state index in [0.717, 1.165) is 18.4 Å². The molecule has 0 saturated carbocycles. The quantitative estimate of drug-likeness (QED) is 0.836. The lowest BCUT2D eigenvalue weighted by atomic mass is 10.00. The van der Waals surface area contributed by atoms with Gasteiger partial charge in [0.25, 0.3) is 5.91 Å². The third-order valence-corrected chi connectivity index (χ3v) is 3.53. The number of primary amides is 1. The van der Waals surface area contributed by atoms with E-state index in [1.54, 1.807) is 17.0 Å². The van der Waals surface area contributed by atoms with Gasteiger partial charge in [0, 0.05) is 18.7 Å². The van der Waals surface area contributed by atoms with E-state index in [-0.39, 0.29) is 5.91 Å². The SMILES string of the molecule is NCc1ccc(C(=O)N2CCCCC2C(N)=O)cc1. The molecule has 1 fully saturated rings. The minimum Gasteiger partial charge on any atom is -0.368 e. The summed E-state index contributed by atoms with van der Waals surface area (Å²) in [6, 6.07) is 6.68. The lowest BCUT2D eigenvalue weighted by Crippen LogP contribution is -2.50. The Balaban J connectivity index is 2.18. The molecule has 5 nitrogen and oxygen atoms in total. The molecular formula is C14H19N3O2. The van der Waals surface area contributed by atoms with Crippen LogP contribution in [0.15, 0.2) is 24.3 Å². The van der Waals surface area contributed by atoms with Gasteiger partial charge in [-0.15, -0.1) is 0 Å². The van der Waals surface area contributed by atoms with Crippen LogP contribution in [0.1, 0.15) is 35.2 Å². The van der Waals surface area contributed by atoms with Crippen LogP contribution in [0.4, 0.5) is 0 Å². The number of rotatable bonds is 3. The highest BCUT2D eigenvalue weighted by molar-refractivity contribution is 5.97. The maximum absolute atomic E-state index is 12.4. The van der Waals surface area contributed by atoms with Gasteiger partial charge in [-0.3, -0.25) is 9.59 Å². The van der Waals surface area contributed by atoms with Crippen LogP contribution in [0, 0.1) is 0 Å². The van der Waals surface area contributed by atoms with Crippen molar-refractivity contribution in [2.24, 2.45) is 11.5 Å². The highest BCUT2D eigenvalue weighted by Gasteiger charge is 2.30. The fourth-order valence-electron chi connectivity index (χ4n) is 2.42. The molecule has 5 heteroatoms. The molecule has 0 aromatic heterocycles. The van der Waals surface area contributed by atoms with Gasteiger partial charge in [0.05, 0.1) is 0 Å². The van der Waals surface area contributed by atoms with Crippen molar-refractivity contribution in [1.82, 2.24) is 4.90 Å². The molecule has 0 spiro atoms. The number of hydrogen-bond donors (Lipinski definition) is 2. The van der Waals surface area contributed by atoms with Crippen LogP contribution in [0.3, 0.4) is 0 Å². The zero-order valence-electron chi connectivity index (χ0n) is 10.8. The molecular weight excluding hydrogens is 242 g/mol. The van der Waals surface area contributed by atoms with E-state index in [4.69, 9.17) is 11.5 Å². The first-order valence-corrected chi connectivity index (χ1v) is 6.53. The normalized spacial score (nSPS) is 19.2. The molecule has 2 amide bonds. The molecule has 4 N–H and O–H groups in total. The fourth-order valence-corrected chi connectivity index (χ4v) is 2.42. The Morgan fingerprint density at radius 3 is 2.47 bits per heavy atom. The van der Waals surface area contributed by atoms with Gasteiger partial charge in [0.15, 0.2) is 0 Å². The summed E-state index contributed by atoms with van der Waals surface area (Å²) < 4.78 is 0. The predicted molar refractivity (Wildman–Crippen MR) is 72.2 cm³/mol. The predicted octanol–water partition coefficient (Wildman–Crippen LogP) is 0.625. The van der Waals surface area contributed by atoms with Gasteiger partial charge in [-0.2, -0.15) is 0 Å². The summed E-state index contributed by atoms with van der Waals surface area (Å²) in [5, 5.41) is 0. The first-order valence-electron chi connectivity index (χ1n) is 6.53. The number of amides is 2. The molecule has 1 aromatic rings. The Labute approximate surface area is 112 Å². The molecule has 0 aliphatic carbocycles. The van der Waals surface area contributed by atoms with Crippen molar-refractivity contribution in [1.29, 1.82) is 0 Å². The largest absolute Gasteiger partial charge is 0.368 e. The monoisotopic (exact) mass is 261 g/mol. The van der Waals surface area contributed by atoms with Crippen LogP contribution in [-0.4, -0.2) is 29.3 Å². The number of nitrogens with two attached hydrogens (primary N) is 2. The smallest absolute Gasteiger partial charge is 0.254 e. The highest BCUT2D eigenvalue weighted by Crippen LogP contribution is 2.19. The second-order valence-corrected chi connectivity index (χ2v) is 4.81. The minimum atomic E-state index is -0.476.